The number of hydrogen-bond donors (Lipinski definition) is 2. The molecule has 0 unspecified atom stereocenters. The Bertz CT molecular complexity index is 910. The molecule has 0 atom stereocenters. The zero-order valence-corrected chi connectivity index (χ0v) is 13.7. The molecule has 4 nitrogen and oxygen atoms in total. The van der Waals surface area contributed by atoms with Crippen molar-refractivity contribution in [1.29, 1.82) is 0 Å². The highest BCUT2D eigenvalue weighted by Crippen LogP contribution is 2.32. The van der Waals surface area contributed by atoms with Gasteiger partial charge in [-0.15, -0.1) is 10.2 Å². The molecule has 3 heterocycles. The zero-order chi connectivity index (χ0) is 15.6. The van der Waals surface area contributed by atoms with E-state index in [2.05, 4.69) is 54.3 Å². The Morgan fingerprint density at radius 2 is 1.48 bits per heavy atom. The van der Waals surface area contributed by atoms with Gasteiger partial charge in [-0.25, -0.2) is 0 Å². The Hall–Kier alpha value is -2.66. The maximum atomic E-state index is 4.46. The lowest BCUT2D eigenvalue weighted by Crippen LogP contribution is -1.96. The smallest absolute Gasteiger partial charge is 0.117 e. The minimum absolute atomic E-state index is 0.822. The van der Waals surface area contributed by atoms with Gasteiger partial charge in [-0.05, 0) is 48.0 Å². The minimum Gasteiger partial charge on any atom is -0.360 e. The maximum absolute atomic E-state index is 4.46. The van der Waals surface area contributed by atoms with E-state index in [4.69, 9.17) is 0 Å². The first-order chi connectivity index (χ1) is 11.3. The Labute approximate surface area is 141 Å². The number of benzene rings is 1. The summed E-state index contributed by atoms with van der Waals surface area (Å²) in [6, 6.07) is 18.2. The molecule has 5 heteroatoms. The second kappa shape index (κ2) is 5.85. The molecule has 0 bridgehead atoms. The topological polar surface area (TPSA) is 57.4 Å². The van der Waals surface area contributed by atoms with Crippen molar-refractivity contribution in [3.63, 3.8) is 0 Å². The van der Waals surface area contributed by atoms with E-state index >= 15 is 0 Å². The van der Waals surface area contributed by atoms with Crippen molar-refractivity contribution in [2.75, 3.05) is 0 Å². The van der Waals surface area contributed by atoms with E-state index in [1.54, 1.807) is 0 Å². The number of aromatic nitrogens is 4. The molecule has 4 aromatic rings. The van der Waals surface area contributed by atoms with Gasteiger partial charge in [-0.1, -0.05) is 28.1 Å². The van der Waals surface area contributed by atoms with Crippen LogP contribution in [0.25, 0.3) is 33.9 Å². The quantitative estimate of drug-likeness (QED) is 0.543. The number of nitrogens with one attached hydrogen (secondary N) is 2. The van der Waals surface area contributed by atoms with Gasteiger partial charge in [-0.2, -0.15) is 0 Å². The van der Waals surface area contributed by atoms with Crippen LogP contribution in [-0.4, -0.2) is 20.2 Å². The van der Waals surface area contributed by atoms with Crippen molar-refractivity contribution in [1.82, 2.24) is 20.2 Å². The van der Waals surface area contributed by atoms with Crippen molar-refractivity contribution < 1.29 is 0 Å². The molecule has 0 aliphatic carbocycles. The Morgan fingerprint density at radius 3 is 2.13 bits per heavy atom. The highest BCUT2D eigenvalue weighted by Gasteiger charge is 2.13. The molecule has 0 aliphatic rings. The van der Waals surface area contributed by atoms with E-state index in [0.29, 0.717) is 0 Å². The summed E-state index contributed by atoms with van der Waals surface area (Å²) in [6.45, 7) is 0. The lowest BCUT2D eigenvalue weighted by atomic mass is 10.0. The predicted molar refractivity (Wildman–Crippen MR) is 94.7 cm³/mol. The van der Waals surface area contributed by atoms with Crippen molar-refractivity contribution in [3.8, 4) is 33.9 Å². The molecule has 0 spiro atoms. The number of halogens is 1. The number of rotatable bonds is 3. The van der Waals surface area contributed by atoms with Crippen molar-refractivity contribution in [2.45, 2.75) is 0 Å². The molecule has 0 saturated heterocycles. The van der Waals surface area contributed by atoms with E-state index < -0.39 is 0 Å². The standard InChI is InChI=1S/C18H13BrN4/c19-13-7-5-12(6-8-13)14-11-17(15-3-1-9-20-15)22-23-18(14)16-4-2-10-21-16/h1-11,20-21H. The van der Waals surface area contributed by atoms with Gasteiger partial charge in [0.2, 0.25) is 0 Å². The summed E-state index contributed by atoms with van der Waals surface area (Å²) in [5.74, 6) is 0. The fraction of sp³-hybridized carbons (Fsp3) is 0. The van der Waals surface area contributed by atoms with Gasteiger partial charge in [0.15, 0.2) is 0 Å². The number of aromatic amines is 2. The minimum atomic E-state index is 0.822. The summed E-state index contributed by atoms with van der Waals surface area (Å²) in [5.41, 5.74) is 5.71. The molecule has 0 radical (unpaired) electrons. The highest BCUT2D eigenvalue weighted by atomic mass is 79.9. The average Bonchev–Trinajstić information content (AvgIpc) is 3.29. The van der Waals surface area contributed by atoms with Gasteiger partial charge >= 0.3 is 0 Å². The van der Waals surface area contributed by atoms with Gasteiger partial charge < -0.3 is 9.97 Å². The SMILES string of the molecule is Brc1ccc(-c2cc(-c3ccc[nH]3)nnc2-c2ccc[nH]2)cc1. The molecule has 23 heavy (non-hydrogen) atoms. The largest absolute Gasteiger partial charge is 0.360 e. The van der Waals surface area contributed by atoms with Crippen molar-refractivity contribution >= 4 is 15.9 Å². The molecule has 0 aliphatic heterocycles. The third kappa shape index (κ3) is 2.71. The Balaban J connectivity index is 1.91. The van der Waals surface area contributed by atoms with Gasteiger partial charge in [0.25, 0.3) is 0 Å². The number of nitrogens with zero attached hydrogens (tertiary/aromatic N) is 2. The average molecular weight is 365 g/mol. The predicted octanol–water partition coefficient (Wildman–Crippen LogP) is 4.90. The van der Waals surface area contributed by atoms with Gasteiger partial charge in [0.1, 0.15) is 11.4 Å². The van der Waals surface area contributed by atoms with E-state index in [1.165, 1.54) is 0 Å². The molecule has 1 aromatic carbocycles. The molecular formula is C18H13BrN4. The van der Waals surface area contributed by atoms with Crippen LogP contribution < -0.4 is 0 Å². The lowest BCUT2D eigenvalue weighted by Gasteiger charge is -2.09. The van der Waals surface area contributed by atoms with Gasteiger partial charge in [0.05, 0.1) is 11.4 Å². The molecule has 0 fully saturated rings. The first kappa shape index (κ1) is 14.0. The van der Waals surface area contributed by atoms with Crippen LogP contribution >= 0.6 is 15.9 Å². The van der Waals surface area contributed by atoms with E-state index in [0.717, 1.165) is 38.4 Å². The van der Waals surface area contributed by atoms with E-state index in [1.807, 2.05) is 48.8 Å². The maximum Gasteiger partial charge on any atom is 0.117 e. The fourth-order valence-corrected chi connectivity index (χ4v) is 2.80. The lowest BCUT2D eigenvalue weighted by molar-refractivity contribution is 1.03. The third-order valence-electron chi connectivity index (χ3n) is 3.68. The summed E-state index contributed by atoms with van der Waals surface area (Å²) in [5, 5.41) is 8.83. The van der Waals surface area contributed by atoms with Crippen LogP contribution in [-0.2, 0) is 0 Å². The van der Waals surface area contributed by atoms with Crippen molar-refractivity contribution in [3.05, 3.63) is 71.5 Å². The first-order valence-electron chi connectivity index (χ1n) is 7.22. The molecule has 3 aromatic heterocycles. The first-order valence-corrected chi connectivity index (χ1v) is 8.02. The van der Waals surface area contributed by atoms with E-state index in [-0.39, 0.29) is 0 Å². The normalized spacial score (nSPS) is 10.8. The molecule has 112 valence electrons. The molecule has 2 N–H and O–H groups in total. The third-order valence-corrected chi connectivity index (χ3v) is 4.20. The van der Waals surface area contributed by atoms with Crippen LogP contribution in [0.3, 0.4) is 0 Å². The second-order valence-electron chi connectivity index (χ2n) is 5.17. The van der Waals surface area contributed by atoms with Crippen LogP contribution in [0.1, 0.15) is 0 Å². The van der Waals surface area contributed by atoms with Crippen LogP contribution in [0.15, 0.2) is 71.5 Å². The molecule has 4 rings (SSSR count). The monoisotopic (exact) mass is 364 g/mol. The van der Waals surface area contributed by atoms with Crippen LogP contribution in [0, 0.1) is 0 Å². The summed E-state index contributed by atoms with van der Waals surface area (Å²) >= 11 is 3.48. The number of H-pyrrole nitrogens is 2. The Kier molecular flexibility index (Phi) is 3.55. The van der Waals surface area contributed by atoms with Crippen LogP contribution in [0.5, 0.6) is 0 Å². The van der Waals surface area contributed by atoms with E-state index in [9.17, 15) is 0 Å². The molecule has 0 saturated carbocycles. The summed E-state index contributed by atoms with van der Waals surface area (Å²) < 4.78 is 1.05. The Morgan fingerprint density at radius 1 is 0.783 bits per heavy atom. The highest BCUT2D eigenvalue weighted by molar-refractivity contribution is 9.10. The summed E-state index contributed by atoms with van der Waals surface area (Å²) in [7, 11) is 0. The molecular weight excluding hydrogens is 352 g/mol. The second-order valence-corrected chi connectivity index (χ2v) is 6.08. The molecule has 0 amide bonds. The summed E-state index contributed by atoms with van der Waals surface area (Å²) in [4.78, 5) is 6.39. The van der Waals surface area contributed by atoms with Gasteiger partial charge in [-0.3, -0.25) is 0 Å². The summed E-state index contributed by atoms with van der Waals surface area (Å²) in [6.07, 6.45) is 3.77. The number of hydrogen-bond acceptors (Lipinski definition) is 2. The van der Waals surface area contributed by atoms with Gasteiger partial charge in [0, 0.05) is 22.4 Å². The zero-order valence-electron chi connectivity index (χ0n) is 12.1. The van der Waals surface area contributed by atoms with Crippen molar-refractivity contribution in [2.24, 2.45) is 0 Å². The fourth-order valence-electron chi connectivity index (χ4n) is 2.54. The van der Waals surface area contributed by atoms with Crippen LogP contribution in [0.4, 0.5) is 0 Å². The van der Waals surface area contributed by atoms with Crippen LogP contribution in [0.2, 0.25) is 0 Å².